The second-order valence-corrected chi connectivity index (χ2v) is 10.2. The van der Waals surface area contributed by atoms with Crippen LogP contribution in [0.15, 0.2) is 30.3 Å². The summed E-state index contributed by atoms with van der Waals surface area (Å²) in [4.78, 5) is 15.9. The van der Waals surface area contributed by atoms with E-state index in [1.165, 1.54) is 11.3 Å². The molecule has 0 radical (unpaired) electrons. The zero-order valence-electron chi connectivity index (χ0n) is 13.5. The van der Waals surface area contributed by atoms with Crippen molar-refractivity contribution in [3.8, 4) is 0 Å². The van der Waals surface area contributed by atoms with Gasteiger partial charge in [0.15, 0.2) is 9.84 Å². The van der Waals surface area contributed by atoms with E-state index < -0.39 is 9.84 Å². The molecule has 2 aromatic rings. The van der Waals surface area contributed by atoms with Crippen LogP contribution in [0, 0.1) is 0 Å². The molecule has 24 heavy (non-hydrogen) atoms. The van der Waals surface area contributed by atoms with Crippen molar-refractivity contribution in [3.05, 3.63) is 35.2 Å². The number of hydrogen-bond donors (Lipinski definition) is 0. The van der Waals surface area contributed by atoms with E-state index in [9.17, 15) is 13.2 Å². The minimum absolute atomic E-state index is 0.0187. The summed E-state index contributed by atoms with van der Waals surface area (Å²) in [7, 11) is -3.00. The van der Waals surface area contributed by atoms with Crippen LogP contribution in [0.2, 0.25) is 0 Å². The molecule has 0 bridgehead atoms. The standard InChI is InChI=1S/C18H21NO3S2/c20-18(17-11-13-5-1-4-8-16(13)23-17)19(14-6-2-3-7-14)15-9-10-24(21,22)12-15/h1,4-5,8,11,14-15H,2-3,6-7,9-10,12H2/t15-/m1/s1. The molecule has 1 aromatic carbocycles. The summed E-state index contributed by atoms with van der Waals surface area (Å²) >= 11 is 1.51. The van der Waals surface area contributed by atoms with Gasteiger partial charge in [0.2, 0.25) is 0 Å². The SMILES string of the molecule is O=C(c1cc2ccccc2s1)N(C1CCCC1)[C@@H]1CCS(=O)(=O)C1. The van der Waals surface area contributed by atoms with Gasteiger partial charge in [-0.1, -0.05) is 31.0 Å². The molecule has 2 fully saturated rings. The van der Waals surface area contributed by atoms with Gasteiger partial charge in [0, 0.05) is 16.8 Å². The molecule has 6 heteroatoms. The summed E-state index contributed by atoms with van der Waals surface area (Å²) < 4.78 is 25.0. The molecule has 1 amide bonds. The van der Waals surface area contributed by atoms with Crippen LogP contribution in [-0.2, 0) is 9.84 Å². The van der Waals surface area contributed by atoms with Crippen LogP contribution in [0.3, 0.4) is 0 Å². The van der Waals surface area contributed by atoms with Gasteiger partial charge in [-0.25, -0.2) is 8.42 Å². The second-order valence-electron chi connectivity index (χ2n) is 6.86. The summed E-state index contributed by atoms with van der Waals surface area (Å²) in [5.74, 6) is 0.353. The van der Waals surface area contributed by atoms with Crippen molar-refractivity contribution in [3.63, 3.8) is 0 Å². The Morgan fingerprint density at radius 3 is 2.50 bits per heavy atom. The predicted octanol–water partition coefficient (Wildman–Crippen LogP) is 3.47. The van der Waals surface area contributed by atoms with Crippen LogP contribution < -0.4 is 0 Å². The molecule has 1 aliphatic heterocycles. The zero-order chi connectivity index (χ0) is 16.7. The molecule has 1 saturated carbocycles. The number of amides is 1. The van der Waals surface area contributed by atoms with Crippen LogP contribution >= 0.6 is 11.3 Å². The Hall–Kier alpha value is -1.40. The molecule has 0 unspecified atom stereocenters. The monoisotopic (exact) mass is 363 g/mol. The molecule has 1 aliphatic carbocycles. The Balaban J connectivity index is 1.68. The molecular weight excluding hydrogens is 342 g/mol. The molecule has 1 aromatic heterocycles. The van der Waals surface area contributed by atoms with Gasteiger partial charge in [0.05, 0.1) is 16.4 Å². The number of thiophene rings is 1. The van der Waals surface area contributed by atoms with Gasteiger partial charge in [-0.05, 0) is 36.8 Å². The Bertz CT molecular complexity index is 832. The molecule has 4 nitrogen and oxygen atoms in total. The number of rotatable bonds is 3. The number of sulfone groups is 1. The average molecular weight is 364 g/mol. The van der Waals surface area contributed by atoms with Crippen molar-refractivity contribution >= 4 is 37.2 Å². The highest BCUT2D eigenvalue weighted by atomic mass is 32.2. The third-order valence-electron chi connectivity index (χ3n) is 5.19. The third-order valence-corrected chi connectivity index (χ3v) is 8.05. The predicted molar refractivity (Wildman–Crippen MR) is 97.3 cm³/mol. The lowest BCUT2D eigenvalue weighted by Gasteiger charge is -2.33. The summed E-state index contributed by atoms with van der Waals surface area (Å²) in [6, 6.07) is 9.98. The van der Waals surface area contributed by atoms with E-state index in [0.717, 1.165) is 40.6 Å². The van der Waals surface area contributed by atoms with Gasteiger partial charge < -0.3 is 4.90 Å². The molecule has 1 atom stereocenters. The van der Waals surface area contributed by atoms with Gasteiger partial charge in [-0.2, -0.15) is 0 Å². The summed E-state index contributed by atoms with van der Waals surface area (Å²) in [5.41, 5.74) is 0. The van der Waals surface area contributed by atoms with Gasteiger partial charge in [0.25, 0.3) is 5.91 Å². The first-order valence-corrected chi connectivity index (χ1v) is 11.2. The Kier molecular flexibility index (Phi) is 4.12. The first kappa shape index (κ1) is 16.1. The van der Waals surface area contributed by atoms with Gasteiger partial charge >= 0.3 is 0 Å². The maximum atomic E-state index is 13.2. The van der Waals surface area contributed by atoms with E-state index in [0.29, 0.717) is 6.42 Å². The fourth-order valence-electron chi connectivity index (χ4n) is 4.02. The molecule has 2 aliphatic rings. The normalized spacial score (nSPS) is 23.8. The lowest BCUT2D eigenvalue weighted by Crippen LogP contribution is -2.46. The van der Waals surface area contributed by atoms with E-state index in [2.05, 4.69) is 0 Å². The van der Waals surface area contributed by atoms with Gasteiger partial charge in [0.1, 0.15) is 0 Å². The van der Waals surface area contributed by atoms with Crippen molar-refractivity contribution in [2.24, 2.45) is 0 Å². The van der Waals surface area contributed by atoms with E-state index in [4.69, 9.17) is 0 Å². The van der Waals surface area contributed by atoms with Gasteiger partial charge in [-0.3, -0.25) is 4.79 Å². The first-order chi connectivity index (χ1) is 11.5. The number of nitrogens with zero attached hydrogens (tertiary/aromatic N) is 1. The zero-order valence-corrected chi connectivity index (χ0v) is 15.1. The summed E-state index contributed by atoms with van der Waals surface area (Å²) in [6.45, 7) is 0. The van der Waals surface area contributed by atoms with Gasteiger partial charge in [-0.15, -0.1) is 11.3 Å². The Labute approximate surface area is 146 Å². The number of carbonyl (C=O) groups is 1. The number of fused-ring (bicyclic) bond motifs is 1. The van der Waals surface area contributed by atoms with Crippen molar-refractivity contribution < 1.29 is 13.2 Å². The Morgan fingerprint density at radius 1 is 1.08 bits per heavy atom. The summed E-state index contributed by atoms with van der Waals surface area (Å²) in [5, 5.41) is 1.08. The van der Waals surface area contributed by atoms with Crippen molar-refractivity contribution in [1.29, 1.82) is 0 Å². The average Bonchev–Trinajstić information content (AvgIpc) is 3.27. The van der Waals surface area contributed by atoms with Crippen LogP contribution in [0.5, 0.6) is 0 Å². The molecule has 128 valence electrons. The molecule has 1 saturated heterocycles. The van der Waals surface area contributed by atoms with Crippen LogP contribution in [-0.4, -0.2) is 42.8 Å². The highest BCUT2D eigenvalue weighted by Gasteiger charge is 2.39. The lowest BCUT2D eigenvalue weighted by atomic mass is 10.1. The van der Waals surface area contributed by atoms with E-state index in [-0.39, 0.29) is 29.5 Å². The minimum atomic E-state index is -3.00. The van der Waals surface area contributed by atoms with E-state index in [1.54, 1.807) is 0 Å². The highest BCUT2D eigenvalue weighted by molar-refractivity contribution is 7.91. The highest BCUT2D eigenvalue weighted by Crippen LogP contribution is 2.33. The van der Waals surface area contributed by atoms with E-state index >= 15 is 0 Å². The Morgan fingerprint density at radius 2 is 1.83 bits per heavy atom. The van der Waals surface area contributed by atoms with Crippen LogP contribution in [0.4, 0.5) is 0 Å². The molecular formula is C18H21NO3S2. The third kappa shape index (κ3) is 2.97. The maximum Gasteiger partial charge on any atom is 0.264 e. The van der Waals surface area contributed by atoms with Crippen LogP contribution in [0.25, 0.3) is 10.1 Å². The summed E-state index contributed by atoms with van der Waals surface area (Å²) in [6.07, 6.45) is 4.82. The topological polar surface area (TPSA) is 54.5 Å². The number of hydrogen-bond acceptors (Lipinski definition) is 4. The maximum absolute atomic E-state index is 13.2. The fraction of sp³-hybridized carbons (Fsp3) is 0.500. The lowest BCUT2D eigenvalue weighted by molar-refractivity contribution is 0.0606. The van der Waals surface area contributed by atoms with Crippen molar-refractivity contribution in [2.75, 3.05) is 11.5 Å². The minimum Gasteiger partial charge on any atom is -0.331 e. The van der Waals surface area contributed by atoms with Crippen LogP contribution in [0.1, 0.15) is 41.8 Å². The van der Waals surface area contributed by atoms with E-state index in [1.807, 2.05) is 35.2 Å². The molecule has 2 heterocycles. The fourth-order valence-corrected chi connectivity index (χ4v) is 6.74. The van der Waals surface area contributed by atoms with Crippen molar-refractivity contribution in [1.82, 2.24) is 4.90 Å². The molecule has 0 N–H and O–H groups in total. The second kappa shape index (κ2) is 6.15. The molecule has 4 rings (SSSR count). The quantitative estimate of drug-likeness (QED) is 0.839. The smallest absolute Gasteiger partial charge is 0.264 e. The first-order valence-electron chi connectivity index (χ1n) is 8.55. The molecule has 0 spiro atoms. The number of carbonyl (C=O) groups excluding carboxylic acids is 1. The largest absolute Gasteiger partial charge is 0.331 e. The number of benzene rings is 1. The van der Waals surface area contributed by atoms with Crippen molar-refractivity contribution in [2.45, 2.75) is 44.2 Å².